The number of rotatable bonds is 11. The Morgan fingerprint density at radius 3 is 2.05 bits per heavy atom. The molecule has 0 radical (unpaired) electrons. The van der Waals surface area contributed by atoms with Gasteiger partial charge in [-0.15, -0.1) is 0 Å². The normalized spacial score (nSPS) is 11.9. The molecule has 6 nitrogen and oxygen atoms in total. The van der Waals surface area contributed by atoms with Gasteiger partial charge in [-0.3, -0.25) is 0 Å². The lowest BCUT2D eigenvalue weighted by molar-refractivity contribution is -0.185. The monoisotopic (exact) mass is 612 g/mol. The van der Waals surface area contributed by atoms with E-state index >= 15 is 0 Å². The first kappa shape index (κ1) is 31.9. The zero-order valence-corrected chi connectivity index (χ0v) is 23.5. The molecule has 0 aliphatic heterocycles. The van der Waals surface area contributed by atoms with Crippen LogP contribution in [0.1, 0.15) is 28.7 Å². The van der Waals surface area contributed by atoms with Crippen molar-refractivity contribution < 1.29 is 41.0 Å². The van der Waals surface area contributed by atoms with Crippen LogP contribution < -0.4 is 20.9 Å². The number of alkyl halides is 5. The van der Waals surface area contributed by atoms with Gasteiger partial charge in [0.15, 0.2) is 0 Å². The van der Waals surface area contributed by atoms with Crippen LogP contribution in [0.4, 0.5) is 33.3 Å². The van der Waals surface area contributed by atoms with E-state index in [9.17, 15) is 26.7 Å². The Bertz CT molecular complexity index is 1620. The summed E-state index contributed by atoms with van der Waals surface area (Å²) >= 11 is 0. The van der Waals surface area contributed by atoms with E-state index in [-0.39, 0.29) is 18.1 Å². The van der Waals surface area contributed by atoms with Gasteiger partial charge in [0, 0.05) is 17.5 Å². The molecular weight excluding hydrogens is 583 g/mol. The number of carbonyl (C=O) groups is 1. The van der Waals surface area contributed by atoms with E-state index in [1.54, 1.807) is 18.2 Å². The van der Waals surface area contributed by atoms with Crippen LogP contribution in [0.3, 0.4) is 0 Å². The largest absolute Gasteiger partial charge is 0.493 e. The number of benzene rings is 4. The van der Waals surface area contributed by atoms with Crippen molar-refractivity contribution in [1.29, 1.82) is 0 Å². The molecule has 0 amide bonds. The topological polar surface area (TPSA) is 96.8 Å². The van der Waals surface area contributed by atoms with Gasteiger partial charge in [0.2, 0.25) is 0 Å². The zero-order chi connectivity index (χ0) is 31.9. The summed E-state index contributed by atoms with van der Waals surface area (Å²) in [5, 5.41) is 0. The first-order valence-electron chi connectivity index (χ1n) is 13.4. The molecule has 0 aliphatic rings. The Morgan fingerprint density at radius 1 is 0.795 bits per heavy atom. The van der Waals surface area contributed by atoms with Crippen molar-refractivity contribution in [3.8, 4) is 22.6 Å². The number of nitrogen functional groups attached to an aromatic ring is 2. The third-order valence-electron chi connectivity index (χ3n) is 6.42. The summed E-state index contributed by atoms with van der Waals surface area (Å²) in [7, 11) is 0. The Morgan fingerprint density at radius 2 is 1.41 bits per heavy atom. The fourth-order valence-electron chi connectivity index (χ4n) is 4.23. The second-order valence-electron chi connectivity index (χ2n) is 9.86. The second kappa shape index (κ2) is 13.5. The molecule has 4 aromatic carbocycles. The molecule has 0 atom stereocenters. The lowest BCUT2D eigenvalue weighted by atomic mass is 9.95. The van der Waals surface area contributed by atoms with E-state index in [4.69, 9.17) is 25.7 Å². The SMILES string of the molecule is Cc1cc(N)ccc1-c1ccc(N)cc1COC(=O)/C=C/c1ccc(C(F)(F)Oc2ccc(OCCC(F)(F)F)cc2)cc1. The average Bonchev–Trinajstić information content (AvgIpc) is 2.96. The van der Waals surface area contributed by atoms with Crippen LogP contribution >= 0.6 is 0 Å². The number of halogens is 5. The van der Waals surface area contributed by atoms with Gasteiger partial charge in [0.05, 0.1) is 18.6 Å². The van der Waals surface area contributed by atoms with E-state index in [2.05, 4.69) is 0 Å². The van der Waals surface area contributed by atoms with Crippen LogP contribution in [-0.2, 0) is 22.2 Å². The quantitative estimate of drug-likeness (QED) is 0.0770. The molecule has 0 saturated heterocycles. The lowest BCUT2D eigenvalue weighted by Crippen LogP contribution is -2.21. The average molecular weight is 613 g/mol. The lowest BCUT2D eigenvalue weighted by Gasteiger charge is -2.18. The highest BCUT2D eigenvalue weighted by Crippen LogP contribution is 2.33. The molecule has 4 N–H and O–H groups in total. The van der Waals surface area contributed by atoms with E-state index in [0.29, 0.717) is 22.5 Å². The number of hydrogen-bond acceptors (Lipinski definition) is 6. The number of aryl methyl sites for hydroxylation is 1. The van der Waals surface area contributed by atoms with Crippen molar-refractivity contribution in [2.75, 3.05) is 18.1 Å². The molecule has 230 valence electrons. The van der Waals surface area contributed by atoms with Crippen molar-refractivity contribution in [2.24, 2.45) is 0 Å². The highest BCUT2D eigenvalue weighted by molar-refractivity contribution is 5.87. The van der Waals surface area contributed by atoms with Gasteiger partial charge in [0.25, 0.3) is 0 Å². The van der Waals surface area contributed by atoms with Crippen molar-refractivity contribution in [3.63, 3.8) is 0 Å². The molecule has 0 saturated carbocycles. The van der Waals surface area contributed by atoms with Crippen molar-refractivity contribution in [2.45, 2.75) is 32.2 Å². The maximum atomic E-state index is 14.7. The molecule has 4 aromatic rings. The second-order valence-corrected chi connectivity index (χ2v) is 9.86. The number of hydrogen-bond donors (Lipinski definition) is 2. The molecule has 0 aliphatic carbocycles. The summed E-state index contributed by atoms with van der Waals surface area (Å²) in [5.74, 6) is -0.763. The van der Waals surface area contributed by atoms with Crippen LogP contribution in [0.2, 0.25) is 0 Å². The number of carbonyl (C=O) groups excluding carboxylic acids is 1. The Labute approximate surface area is 250 Å². The minimum atomic E-state index is -4.36. The molecule has 0 aromatic heterocycles. The molecule has 0 spiro atoms. The summed E-state index contributed by atoms with van der Waals surface area (Å²) in [5.41, 5.74) is 16.4. The molecule has 11 heteroatoms. The minimum absolute atomic E-state index is 0.0451. The maximum Gasteiger partial charge on any atom is 0.426 e. The molecule has 0 heterocycles. The van der Waals surface area contributed by atoms with Gasteiger partial charge in [-0.05, 0) is 101 Å². The standard InChI is InChI=1S/C33H29F5N2O4/c1-21-18-25(39)7-13-29(21)30-14-8-26(40)19-23(30)20-43-31(41)15-4-22-2-5-24(6-3-22)33(37,38)44-28-11-9-27(10-12-28)42-17-16-32(34,35)36/h2-15,18-19H,16-17,20,39-40H2,1H3/b15-4+. The Kier molecular flexibility index (Phi) is 9.77. The van der Waals surface area contributed by atoms with Gasteiger partial charge >= 0.3 is 18.3 Å². The fraction of sp³-hybridized carbons (Fsp3) is 0.182. The van der Waals surface area contributed by atoms with Gasteiger partial charge in [-0.2, -0.15) is 22.0 Å². The summed E-state index contributed by atoms with van der Waals surface area (Å²) in [6, 6.07) is 20.7. The fourth-order valence-corrected chi connectivity index (χ4v) is 4.23. The Balaban J connectivity index is 1.33. The minimum Gasteiger partial charge on any atom is -0.493 e. The van der Waals surface area contributed by atoms with E-state index in [0.717, 1.165) is 28.8 Å². The highest BCUT2D eigenvalue weighted by atomic mass is 19.4. The van der Waals surface area contributed by atoms with E-state index in [1.165, 1.54) is 48.6 Å². The maximum absolute atomic E-state index is 14.7. The van der Waals surface area contributed by atoms with Crippen LogP contribution in [0.15, 0.2) is 91.0 Å². The first-order chi connectivity index (χ1) is 20.8. The molecule has 0 unspecified atom stereocenters. The third-order valence-corrected chi connectivity index (χ3v) is 6.42. The van der Waals surface area contributed by atoms with Crippen molar-refractivity contribution >= 4 is 23.4 Å². The van der Waals surface area contributed by atoms with Gasteiger partial charge < -0.3 is 25.7 Å². The molecule has 0 fully saturated rings. The van der Waals surface area contributed by atoms with E-state index < -0.39 is 36.8 Å². The smallest absolute Gasteiger partial charge is 0.426 e. The Hall–Kier alpha value is -5.06. The van der Waals surface area contributed by atoms with Crippen LogP contribution in [0.25, 0.3) is 17.2 Å². The van der Waals surface area contributed by atoms with Gasteiger partial charge in [-0.1, -0.05) is 24.3 Å². The summed E-state index contributed by atoms with van der Waals surface area (Å²) in [6.07, 6.45) is -6.60. The van der Waals surface area contributed by atoms with Crippen molar-refractivity contribution in [1.82, 2.24) is 0 Å². The number of esters is 1. The van der Waals surface area contributed by atoms with Crippen molar-refractivity contribution in [3.05, 3.63) is 113 Å². The number of ether oxygens (including phenoxy) is 3. The van der Waals surface area contributed by atoms with Crippen LogP contribution in [0.5, 0.6) is 11.5 Å². The number of anilines is 2. The third kappa shape index (κ3) is 8.97. The summed E-state index contributed by atoms with van der Waals surface area (Å²) in [4.78, 5) is 12.4. The van der Waals surface area contributed by atoms with E-state index in [1.807, 2.05) is 25.1 Å². The predicted molar refractivity (Wildman–Crippen MR) is 158 cm³/mol. The molecule has 44 heavy (non-hydrogen) atoms. The summed E-state index contributed by atoms with van der Waals surface area (Å²) in [6.45, 7) is 1.29. The van der Waals surface area contributed by atoms with Gasteiger partial charge in [0.1, 0.15) is 18.1 Å². The highest BCUT2D eigenvalue weighted by Gasteiger charge is 2.34. The molecule has 0 bridgehead atoms. The molecular formula is C33H29F5N2O4. The van der Waals surface area contributed by atoms with Gasteiger partial charge in [-0.25, -0.2) is 4.79 Å². The van der Waals surface area contributed by atoms with Crippen LogP contribution in [0, 0.1) is 6.92 Å². The zero-order valence-electron chi connectivity index (χ0n) is 23.5. The number of nitrogens with two attached hydrogens (primary N) is 2. The predicted octanol–water partition coefficient (Wildman–Crippen LogP) is 8.04. The first-order valence-corrected chi connectivity index (χ1v) is 13.4. The van der Waals surface area contributed by atoms with Crippen LogP contribution in [-0.4, -0.2) is 18.8 Å². The summed E-state index contributed by atoms with van der Waals surface area (Å²) < 4.78 is 81.4. The molecule has 4 rings (SSSR count).